The molecule has 0 unspecified atom stereocenters. The van der Waals surface area contributed by atoms with Crippen molar-refractivity contribution < 1.29 is 0 Å². The number of rotatable bonds is 6. The van der Waals surface area contributed by atoms with Crippen molar-refractivity contribution in [3.63, 3.8) is 0 Å². The topological polar surface area (TPSA) is 40.7 Å². The lowest BCUT2D eigenvalue weighted by atomic mass is 10.1. The average Bonchev–Trinajstić information content (AvgIpc) is 2.61. The Hall–Kier alpha value is -0.480. The Morgan fingerprint density at radius 2 is 2.20 bits per heavy atom. The maximum atomic E-state index is 4.17. The monoisotopic (exact) mass is 227 g/mol. The maximum absolute atomic E-state index is 4.17. The van der Waals surface area contributed by atoms with E-state index in [1.807, 2.05) is 6.20 Å². The van der Waals surface area contributed by atoms with E-state index in [4.69, 9.17) is 0 Å². The van der Waals surface area contributed by atoms with Crippen molar-refractivity contribution in [3.8, 4) is 0 Å². The van der Waals surface area contributed by atoms with Crippen molar-refractivity contribution in [2.75, 3.05) is 12.3 Å². The first kappa shape index (κ1) is 12.6. The molecule has 4 heteroatoms. The van der Waals surface area contributed by atoms with Crippen LogP contribution < -0.4 is 5.32 Å². The SMILES string of the molecule is CC(C)(C)NCCCCSc1ncc[nH]1. The number of unbranched alkanes of at least 4 members (excludes halogenated alkanes) is 1. The van der Waals surface area contributed by atoms with Crippen molar-refractivity contribution in [2.45, 2.75) is 44.3 Å². The number of hydrogen-bond donors (Lipinski definition) is 2. The van der Waals surface area contributed by atoms with Gasteiger partial charge in [-0.3, -0.25) is 0 Å². The van der Waals surface area contributed by atoms with E-state index < -0.39 is 0 Å². The summed E-state index contributed by atoms with van der Waals surface area (Å²) in [5, 5.41) is 4.51. The van der Waals surface area contributed by atoms with Gasteiger partial charge in [0.15, 0.2) is 5.16 Å². The van der Waals surface area contributed by atoms with Crippen molar-refractivity contribution >= 4 is 11.8 Å². The summed E-state index contributed by atoms with van der Waals surface area (Å²) >= 11 is 1.79. The Bertz CT molecular complexity index is 251. The van der Waals surface area contributed by atoms with Gasteiger partial charge in [0.1, 0.15) is 0 Å². The van der Waals surface area contributed by atoms with Crippen LogP contribution in [0, 0.1) is 0 Å². The van der Waals surface area contributed by atoms with Gasteiger partial charge >= 0.3 is 0 Å². The number of aromatic amines is 1. The van der Waals surface area contributed by atoms with Crippen molar-refractivity contribution in [3.05, 3.63) is 12.4 Å². The van der Waals surface area contributed by atoms with Crippen molar-refractivity contribution in [1.82, 2.24) is 15.3 Å². The van der Waals surface area contributed by atoms with Gasteiger partial charge in [0.25, 0.3) is 0 Å². The molecule has 86 valence electrons. The largest absolute Gasteiger partial charge is 0.340 e. The van der Waals surface area contributed by atoms with Crippen LogP contribution >= 0.6 is 11.8 Å². The minimum absolute atomic E-state index is 0.244. The molecule has 0 saturated carbocycles. The van der Waals surface area contributed by atoms with Crippen LogP contribution in [0.1, 0.15) is 33.6 Å². The molecule has 3 nitrogen and oxygen atoms in total. The molecule has 1 aromatic rings. The molecule has 1 heterocycles. The first-order valence-corrected chi connectivity index (χ1v) is 6.44. The predicted octanol–water partition coefficient (Wildman–Crippen LogP) is 2.67. The Morgan fingerprint density at radius 3 is 2.80 bits per heavy atom. The molecule has 0 aromatic carbocycles. The summed E-state index contributed by atoms with van der Waals surface area (Å²) in [6.45, 7) is 7.70. The molecule has 0 atom stereocenters. The third kappa shape index (κ3) is 6.57. The Morgan fingerprint density at radius 1 is 1.40 bits per heavy atom. The molecular weight excluding hydrogens is 206 g/mol. The molecule has 0 aliphatic heterocycles. The Balaban J connectivity index is 1.94. The van der Waals surface area contributed by atoms with Gasteiger partial charge in [-0.15, -0.1) is 0 Å². The van der Waals surface area contributed by atoms with Gasteiger partial charge in [-0.1, -0.05) is 11.8 Å². The van der Waals surface area contributed by atoms with Crippen LogP contribution in [0.3, 0.4) is 0 Å². The molecule has 2 N–H and O–H groups in total. The summed E-state index contributed by atoms with van der Waals surface area (Å²) in [7, 11) is 0. The van der Waals surface area contributed by atoms with Gasteiger partial charge in [0.05, 0.1) is 0 Å². The lowest BCUT2D eigenvalue weighted by Crippen LogP contribution is -2.36. The summed E-state index contributed by atoms with van der Waals surface area (Å²) < 4.78 is 0. The van der Waals surface area contributed by atoms with Crippen molar-refractivity contribution in [2.24, 2.45) is 0 Å². The zero-order valence-electron chi connectivity index (χ0n) is 9.84. The van der Waals surface area contributed by atoms with E-state index in [0.717, 1.165) is 17.5 Å². The minimum atomic E-state index is 0.244. The minimum Gasteiger partial charge on any atom is -0.340 e. The van der Waals surface area contributed by atoms with Crippen LogP contribution in [0.25, 0.3) is 0 Å². The average molecular weight is 227 g/mol. The molecule has 0 radical (unpaired) electrons. The van der Waals surface area contributed by atoms with E-state index in [0.29, 0.717) is 0 Å². The summed E-state index contributed by atoms with van der Waals surface area (Å²) in [6, 6.07) is 0. The second-order valence-corrected chi connectivity index (χ2v) is 5.71. The standard InChI is InChI=1S/C11H21N3S/c1-11(2,3)14-6-4-5-9-15-10-12-7-8-13-10/h7-8,14H,4-6,9H2,1-3H3,(H,12,13). The molecule has 0 fully saturated rings. The number of H-pyrrole nitrogens is 1. The number of nitrogens with zero attached hydrogens (tertiary/aromatic N) is 1. The molecule has 1 aromatic heterocycles. The fourth-order valence-electron chi connectivity index (χ4n) is 1.19. The highest BCUT2D eigenvalue weighted by Crippen LogP contribution is 2.13. The summed E-state index contributed by atoms with van der Waals surface area (Å²) in [5.41, 5.74) is 0.244. The van der Waals surface area contributed by atoms with E-state index in [-0.39, 0.29) is 5.54 Å². The highest BCUT2D eigenvalue weighted by atomic mass is 32.2. The molecule has 0 amide bonds. The normalized spacial score (nSPS) is 11.9. The first-order valence-electron chi connectivity index (χ1n) is 5.45. The molecule has 0 saturated heterocycles. The molecule has 15 heavy (non-hydrogen) atoms. The quantitative estimate of drug-likeness (QED) is 0.580. The van der Waals surface area contributed by atoms with Crippen LogP contribution in [0.15, 0.2) is 17.6 Å². The van der Waals surface area contributed by atoms with E-state index >= 15 is 0 Å². The maximum Gasteiger partial charge on any atom is 0.165 e. The number of aromatic nitrogens is 2. The smallest absolute Gasteiger partial charge is 0.165 e. The first-order chi connectivity index (χ1) is 7.08. The van der Waals surface area contributed by atoms with Gasteiger partial charge in [-0.25, -0.2) is 4.98 Å². The Kier molecular flexibility index (Phi) is 5.19. The number of hydrogen-bond acceptors (Lipinski definition) is 3. The van der Waals surface area contributed by atoms with E-state index in [2.05, 4.69) is 36.1 Å². The zero-order chi connectivity index (χ0) is 11.1. The van der Waals surface area contributed by atoms with Gasteiger partial charge in [-0.05, 0) is 40.2 Å². The van der Waals surface area contributed by atoms with Crippen LogP contribution in [-0.2, 0) is 0 Å². The van der Waals surface area contributed by atoms with E-state index in [1.54, 1.807) is 18.0 Å². The number of nitrogens with one attached hydrogen (secondary N) is 2. The third-order valence-corrected chi connectivity index (χ3v) is 2.93. The molecule has 0 spiro atoms. The van der Waals surface area contributed by atoms with E-state index in [1.165, 1.54) is 12.8 Å². The van der Waals surface area contributed by atoms with Crippen LogP contribution in [0.2, 0.25) is 0 Å². The second-order valence-electron chi connectivity index (χ2n) is 4.63. The van der Waals surface area contributed by atoms with Gasteiger partial charge in [0, 0.05) is 23.7 Å². The zero-order valence-corrected chi connectivity index (χ0v) is 10.7. The second kappa shape index (κ2) is 6.18. The van der Waals surface area contributed by atoms with E-state index in [9.17, 15) is 0 Å². The van der Waals surface area contributed by atoms with Crippen LogP contribution in [0.4, 0.5) is 0 Å². The van der Waals surface area contributed by atoms with Crippen LogP contribution in [0.5, 0.6) is 0 Å². The highest BCUT2D eigenvalue weighted by Gasteiger charge is 2.06. The number of thioether (sulfide) groups is 1. The third-order valence-electron chi connectivity index (χ3n) is 1.94. The fraction of sp³-hybridized carbons (Fsp3) is 0.727. The number of imidazole rings is 1. The molecular formula is C11H21N3S. The summed E-state index contributed by atoms with van der Waals surface area (Å²) in [4.78, 5) is 7.25. The van der Waals surface area contributed by atoms with Gasteiger partial charge in [0.2, 0.25) is 0 Å². The highest BCUT2D eigenvalue weighted by molar-refractivity contribution is 7.99. The lowest BCUT2D eigenvalue weighted by molar-refractivity contribution is 0.421. The summed E-state index contributed by atoms with van der Waals surface area (Å²) in [5.74, 6) is 1.14. The molecule has 0 aliphatic rings. The molecule has 0 aliphatic carbocycles. The summed E-state index contributed by atoms with van der Waals surface area (Å²) in [6.07, 6.45) is 6.12. The van der Waals surface area contributed by atoms with Crippen molar-refractivity contribution in [1.29, 1.82) is 0 Å². The lowest BCUT2D eigenvalue weighted by Gasteiger charge is -2.20. The van der Waals surface area contributed by atoms with Gasteiger partial charge < -0.3 is 10.3 Å². The molecule has 1 rings (SSSR count). The predicted molar refractivity (Wildman–Crippen MR) is 66.3 cm³/mol. The van der Waals surface area contributed by atoms with Crippen LogP contribution in [-0.4, -0.2) is 27.8 Å². The molecule has 0 bridgehead atoms. The Labute approximate surface area is 96.5 Å². The van der Waals surface area contributed by atoms with Gasteiger partial charge in [-0.2, -0.15) is 0 Å². The fourth-order valence-corrected chi connectivity index (χ4v) is 2.02.